The molecule has 114 valence electrons. The standard InChI is InChI=1S/C12H10.C6H12N4/c1-3-7-11(8-4-1)12-9-5-2-6-10-12;1-7-2-9-4-8(1)5-10(3-7)6-9/h1-10H;1-6H2. The highest BCUT2D eigenvalue weighted by Gasteiger charge is 2.36. The van der Waals surface area contributed by atoms with Crippen molar-refractivity contribution in [3.63, 3.8) is 0 Å². The Morgan fingerprint density at radius 1 is 0.409 bits per heavy atom. The summed E-state index contributed by atoms with van der Waals surface area (Å²) < 4.78 is 0. The first-order valence-electron chi connectivity index (χ1n) is 7.87. The Morgan fingerprint density at radius 2 is 0.682 bits per heavy atom. The first kappa shape index (κ1) is 13.9. The van der Waals surface area contributed by atoms with Crippen LogP contribution in [0, 0.1) is 0 Å². The van der Waals surface area contributed by atoms with Crippen LogP contribution in [0.4, 0.5) is 0 Å². The van der Waals surface area contributed by atoms with Gasteiger partial charge in [-0.05, 0) is 11.1 Å². The van der Waals surface area contributed by atoms with Crippen LogP contribution in [0.15, 0.2) is 60.7 Å². The minimum Gasteiger partial charge on any atom is -0.264 e. The quantitative estimate of drug-likeness (QED) is 0.800. The average molecular weight is 294 g/mol. The van der Waals surface area contributed by atoms with Gasteiger partial charge >= 0.3 is 0 Å². The van der Waals surface area contributed by atoms with Gasteiger partial charge in [0.25, 0.3) is 0 Å². The van der Waals surface area contributed by atoms with Crippen molar-refractivity contribution in [1.29, 1.82) is 0 Å². The summed E-state index contributed by atoms with van der Waals surface area (Å²) >= 11 is 0. The third-order valence-electron chi connectivity index (χ3n) is 4.28. The van der Waals surface area contributed by atoms with Gasteiger partial charge in [-0.1, -0.05) is 60.7 Å². The molecule has 4 fully saturated rings. The molecule has 4 aliphatic heterocycles. The van der Waals surface area contributed by atoms with E-state index in [-0.39, 0.29) is 0 Å². The number of nitrogens with zero attached hydrogens (tertiary/aromatic N) is 4. The summed E-state index contributed by atoms with van der Waals surface area (Å²) in [6.07, 6.45) is 0. The van der Waals surface area contributed by atoms with E-state index in [0.29, 0.717) is 0 Å². The molecule has 22 heavy (non-hydrogen) atoms. The van der Waals surface area contributed by atoms with E-state index in [4.69, 9.17) is 0 Å². The van der Waals surface area contributed by atoms with Gasteiger partial charge in [-0.2, -0.15) is 0 Å². The summed E-state index contributed by atoms with van der Waals surface area (Å²) in [7, 11) is 0. The second kappa shape index (κ2) is 6.18. The zero-order valence-corrected chi connectivity index (χ0v) is 12.8. The van der Waals surface area contributed by atoms with Crippen LogP contribution in [0.2, 0.25) is 0 Å². The largest absolute Gasteiger partial charge is 0.264 e. The van der Waals surface area contributed by atoms with E-state index in [0.717, 1.165) is 0 Å². The van der Waals surface area contributed by atoms with Crippen molar-refractivity contribution in [3.8, 4) is 11.1 Å². The maximum absolute atomic E-state index is 2.47. The van der Waals surface area contributed by atoms with Gasteiger partial charge in [-0.15, -0.1) is 0 Å². The molecule has 4 aliphatic rings. The zero-order valence-electron chi connectivity index (χ0n) is 12.8. The lowest BCUT2D eigenvalue weighted by atomic mass is 10.1. The van der Waals surface area contributed by atoms with Crippen LogP contribution < -0.4 is 0 Å². The first-order chi connectivity index (χ1) is 10.9. The van der Waals surface area contributed by atoms with Crippen LogP contribution in [-0.4, -0.2) is 59.6 Å². The molecule has 0 radical (unpaired) electrons. The summed E-state index contributed by atoms with van der Waals surface area (Å²) in [5.74, 6) is 0. The fourth-order valence-corrected chi connectivity index (χ4v) is 3.49. The minimum absolute atomic E-state index is 1.19. The van der Waals surface area contributed by atoms with E-state index in [9.17, 15) is 0 Å². The molecule has 0 unspecified atom stereocenters. The zero-order chi connectivity index (χ0) is 14.8. The minimum atomic E-state index is 1.19. The predicted octanol–water partition coefficient (Wildman–Crippen LogP) is 2.33. The summed E-state index contributed by atoms with van der Waals surface area (Å²) in [5, 5.41) is 0. The molecule has 0 aromatic heterocycles. The maximum Gasteiger partial charge on any atom is 0.0555 e. The normalized spacial score (nSPS) is 31.5. The number of rotatable bonds is 1. The average Bonchev–Trinajstić information content (AvgIpc) is 2.56. The summed E-state index contributed by atoms with van der Waals surface area (Å²) in [5.41, 5.74) is 2.55. The molecule has 6 rings (SSSR count). The van der Waals surface area contributed by atoms with E-state index in [2.05, 4.69) is 68.1 Å². The van der Waals surface area contributed by atoms with E-state index in [1.165, 1.54) is 51.1 Å². The highest BCUT2D eigenvalue weighted by atomic mass is 15.7. The van der Waals surface area contributed by atoms with Gasteiger partial charge in [0.2, 0.25) is 0 Å². The Labute approximate surface area is 132 Å². The molecule has 0 aliphatic carbocycles. The van der Waals surface area contributed by atoms with Crippen molar-refractivity contribution in [2.45, 2.75) is 0 Å². The fourth-order valence-electron chi connectivity index (χ4n) is 3.49. The van der Waals surface area contributed by atoms with E-state index in [1.807, 2.05) is 12.1 Å². The lowest BCUT2D eigenvalue weighted by Crippen LogP contribution is -2.71. The molecule has 2 aromatic rings. The Morgan fingerprint density at radius 3 is 0.955 bits per heavy atom. The Kier molecular flexibility index (Phi) is 3.91. The van der Waals surface area contributed by atoms with Crippen molar-refractivity contribution in [2.24, 2.45) is 0 Å². The SMILES string of the molecule is C1N2CN3CN1CN(C2)C3.c1ccc(-c2ccccc2)cc1. The lowest BCUT2D eigenvalue weighted by Gasteiger charge is -2.56. The highest BCUT2D eigenvalue weighted by molar-refractivity contribution is 5.62. The third kappa shape index (κ3) is 3.05. The molecule has 2 aromatic carbocycles. The van der Waals surface area contributed by atoms with Crippen LogP contribution in [0.5, 0.6) is 0 Å². The summed E-state index contributed by atoms with van der Waals surface area (Å²) in [6, 6.07) is 20.8. The smallest absolute Gasteiger partial charge is 0.0555 e. The molecule has 0 N–H and O–H groups in total. The second-order valence-electron chi connectivity index (χ2n) is 6.26. The van der Waals surface area contributed by atoms with Crippen LogP contribution in [-0.2, 0) is 0 Å². The van der Waals surface area contributed by atoms with Crippen LogP contribution in [0.3, 0.4) is 0 Å². The van der Waals surface area contributed by atoms with Gasteiger partial charge in [-0.25, -0.2) is 0 Å². The Hall–Kier alpha value is -1.72. The molecule has 4 saturated heterocycles. The van der Waals surface area contributed by atoms with Gasteiger partial charge in [0.05, 0.1) is 40.0 Å². The molecule has 4 bridgehead atoms. The monoisotopic (exact) mass is 294 g/mol. The second-order valence-corrected chi connectivity index (χ2v) is 6.26. The van der Waals surface area contributed by atoms with Gasteiger partial charge < -0.3 is 0 Å². The molecular weight excluding hydrogens is 272 g/mol. The fraction of sp³-hybridized carbons (Fsp3) is 0.333. The van der Waals surface area contributed by atoms with Gasteiger partial charge in [0.1, 0.15) is 0 Å². The van der Waals surface area contributed by atoms with Gasteiger partial charge in [0.15, 0.2) is 0 Å². The number of hydrogen-bond donors (Lipinski definition) is 0. The van der Waals surface area contributed by atoms with Crippen molar-refractivity contribution in [2.75, 3.05) is 40.0 Å². The van der Waals surface area contributed by atoms with Gasteiger partial charge in [-0.3, -0.25) is 19.6 Å². The highest BCUT2D eigenvalue weighted by Crippen LogP contribution is 2.20. The van der Waals surface area contributed by atoms with Crippen molar-refractivity contribution in [3.05, 3.63) is 60.7 Å². The maximum atomic E-state index is 2.47. The molecule has 4 nitrogen and oxygen atoms in total. The van der Waals surface area contributed by atoms with Crippen molar-refractivity contribution >= 4 is 0 Å². The van der Waals surface area contributed by atoms with Crippen LogP contribution in [0.25, 0.3) is 11.1 Å². The first-order valence-corrected chi connectivity index (χ1v) is 7.87. The molecule has 0 spiro atoms. The Balaban J connectivity index is 0.000000115. The lowest BCUT2D eigenvalue weighted by molar-refractivity contribution is -0.194. The topological polar surface area (TPSA) is 13.0 Å². The molecule has 4 heteroatoms. The number of benzene rings is 2. The van der Waals surface area contributed by atoms with Crippen molar-refractivity contribution < 1.29 is 0 Å². The van der Waals surface area contributed by atoms with E-state index < -0.39 is 0 Å². The molecular formula is C18H22N4. The third-order valence-corrected chi connectivity index (χ3v) is 4.28. The number of hydrogen-bond acceptors (Lipinski definition) is 4. The molecule has 0 amide bonds. The van der Waals surface area contributed by atoms with E-state index >= 15 is 0 Å². The summed E-state index contributed by atoms with van der Waals surface area (Å²) in [4.78, 5) is 9.88. The molecule has 0 atom stereocenters. The Bertz CT molecular complexity index is 505. The van der Waals surface area contributed by atoms with Gasteiger partial charge in [0, 0.05) is 0 Å². The predicted molar refractivity (Wildman–Crippen MR) is 88.4 cm³/mol. The van der Waals surface area contributed by atoms with E-state index in [1.54, 1.807) is 0 Å². The van der Waals surface area contributed by atoms with Crippen molar-refractivity contribution in [1.82, 2.24) is 19.6 Å². The van der Waals surface area contributed by atoms with Crippen LogP contribution in [0.1, 0.15) is 0 Å². The van der Waals surface area contributed by atoms with Crippen LogP contribution >= 0.6 is 0 Å². The molecule has 0 saturated carbocycles. The summed E-state index contributed by atoms with van der Waals surface area (Å²) in [6.45, 7) is 7.12. The molecule has 4 heterocycles.